The van der Waals surface area contributed by atoms with Crippen molar-refractivity contribution in [3.63, 3.8) is 0 Å². The maximum absolute atomic E-state index is 5.57. The van der Waals surface area contributed by atoms with Crippen LogP contribution in [0.5, 0.6) is 17.5 Å². The van der Waals surface area contributed by atoms with Crippen molar-refractivity contribution in [2.75, 3.05) is 7.11 Å². The van der Waals surface area contributed by atoms with Crippen LogP contribution in [0.1, 0.15) is 11.4 Å². The second-order valence-electron chi connectivity index (χ2n) is 3.76. The Balaban J connectivity index is 2.19. The van der Waals surface area contributed by atoms with Gasteiger partial charge in [-0.05, 0) is 37.3 Å². The Kier molecular flexibility index (Phi) is 3.74. The highest BCUT2D eigenvalue weighted by molar-refractivity contribution is 5.32. The maximum Gasteiger partial charge on any atom is 0.322 e. The van der Waals surface area contributed by atoms with Crippen molar-refractivity contribution in [2.24, 2.45) is 5.73 Å². The predicted octanol–water partition coefficient (Wildman–Crippen LogP) is 2.04. The average Bonchev–Trinajstić information content (AvgIpc) is 2.39. The van der Waals surface area contributed by atoms with Crippen molar-refractivity contribution >= 4 is 0 Å². The van der Waals surface area contributed by atoms with Crippen molar-refractivity contribution in [1.82, 2.24) is 9.97 Å². The van der Waals surface area contributed by atoms with E-state index in [1.54, 1.807) is 19.2 Å². The van der Waals surface area contributed by atoms with Gasteiger partial charge in [-0.3, -0.25) is 0 Å². The van der Waals surface area contributed by atoms with Gasteiger partial charge in [0.05, 0.1) is 12.8 Å². The van der Waals surface area contributed by atoms with E-state index in [1.165, 1.54) is 0 Å². The molecule has 5 nitrogen and oxygen atoms in total. The summed E-state index contributed by atoms with van der Waals surface area (Å²) >= 11 is 0. The van der Waals surface area contributed by atoms with E-state index >= 15 is 0 Å². The molecule has 0 radical (unpaired) electrons. The minimum absolute atomic E-state index is 0.306. The summed E-state index contributed by atoms with van der Waals surface area (Å²) in [4.78, 5) is 8.40. The van der Waals surface area contributed by atoms with Crippen LogP contribution in [0.3, 0.4) is 0 Å². The summed E-state index contributed by atoms with van der Waals surface area (Å²) in [6.45, 7) is 2.24. The summed E-state index contributed by atoms with van der Waals surface area (Å²) in [5.74, 6) is 1.43. The molecule has 0 saturated heterocycles. The van der Waals surface area contributed by atoms with E-state index in [9.17, 15) is 0 Å². The lowest BCUT2D eigenvalue weighted by Crippen LogP contribution is -2.03. The lowest BCUT2D eigenvalue weighted by molar-refractivity contribution is 0.410. The Morgan fingerprint density at radius 3 is 2.39 bits per heavy atom. The van der Waals surface area contributed by atoms with Crippen molar-refractivity contribution in [2.45, 2.75) is 13.5 Å². The highest BCUT2D eigenvalue weighted by Crippen LogP contribution is 2.21. The molecule has 0 aliphatic heterocycles. The highest BCUT2D eigenvalue weighted by Gasteiger charge is 2.04. The van der Waals surface area contributed by atoms with Gasteiger partial charge in [0.25, 0.3) is 0 Å². The van der Waals surface area contributed by atoms with E-state index in [0.717, 1.165) is 17.1 Å². The lowest BCUT2D eigenvalue weighted by Gasteiger charge is -2.07. The van der Waals surface area contributed by atoms with Crippen molar-refractivity contribution in [1.29, 1.82) is 0 Å². The number of rotatable bonds is 4. The van der Waals surface area contributed by atoms with Gasteiger partial charge in [-0.2, -0.15) is 4.98 Å². The molecule has 2 N–H and O–H groups in total. The molecule has 0 atom stereocenters. The van der Waals surface area contributed by atoms with Gasteiger partial charge in [0, 0.05) is 12.2 Å². The normalized spacial score (nSPS) is 10.2. The van der Waals surface area contributed by atoms with Gasteiger partial charge in [0.15, 0.2) is 0 Å². The number of nitrogens with two attached hydrogens (primary N) is 1. The first kappa shape index (κ1) is 12.3. The third-order valence-corrected chi connectivity index (χ3v) is 2.36. The quantitative estimate of drug-likeness (QED) is 0.892. The van der Waals surface area contributed by atoms with Gasteiger partial charge in [-0.1, -0.05) is 0 Å². The number of methoxy groups -OCH3 is 1. The minimum Gasteiger partial charge on any atom is -0.497 e. The largest absolute Gasteiger partial charge is 0.497 e. The fourth-order valence-corrected chi connectivity index (χ4v) is 1.50. The summed E-state index contributed by atoms with van der Waals surface area (Å²) in [5.41, 5.74) is 7.14. The van der Waals surface area contributed by atoms with Crippen LogP contribution in [0.4, 0.5) is 0 Å². The molecule has 0 aliphatic rings. The van der Waals surface area contributed by atoms with Crippen LogP contribution >= 0.6 is 0 Å². The molecule has 2 rings (SSSR count). The molecular formula is C13H15N3O2. The van der Waals surface area contributed by atoms with Gasteiger partial charge in [-0.15, -0.1) is 0 Å². The fourth-order valence-electron chi connectivity index (χ4n) is 1.50. The molecule has 0 saturated carbocycles. The summed E-state index contributed by atoms with van der Waals surface area (Å²) in [7, 11) is 1.62. The molecule has 2 aromatic rings. The third kappa shape index (κ3) is 2.95. The predicted molar refractivity (Wildman–Crippen MR) is 67.7 cm³/mol. The van der Waals surface area contributed by atoms with Gasteiger partial charge in [0.1, 0.15) is 11.5 Å². The van der Waals surface area contributed by atoms with Crippen LogP contribution in [0.15, 0.2) is 30.3 Å². The first-order valence-electron chi connectivity index (χ1n) is 5.58. The molecular weight excluding hydrogens is 230 g/mol. The highest BCUT2D eigenvalue weighted by atomic mass is 16.5. The second-order valence-corrected chi connectivity index (χ2v) is 3.76. The van der Waals surface area contributed by atoms with Crippen LogP contribution < -0.4 is 15.2 Å². The molecule has 0 amide bonds. The Hall–Kier alpha value is -2.14. The number of hydrogen-bond acceptors (Lipinski definition) is 5. The number of aromatic nitrogens is 2. The molecule has 1 heterocycles. The Morgan fingerprint density at radius 1 is 1.11 bits per heavy atom. The van der Waals surface area contributed by atoms with Gasteiger partial charge in [-0.25, -0.2) is 4.98 Å². The lowest BCUT2D eigenvalue weighted by atomic mass is 10.3. The summed E-state index contributed by atoms with van der Waals surface area (Å²) in [6, 6.07) is 9.37. The van der Waals surface area contributed by atoms with Crippen LogP contribution in [0, 0.1) is 6.92 Å². The maximum atomic E-state index is 5.57. The standard InChI is InChI=1S/C13H15N3O2/c1-9-7-10(8-14)16-13(15-9)18-12-5-3-11(17-2)4-6-12/h3-7H,8,14H2,1-2H3. The van der Waals surface area contributed by atoms with Gasteiger partial charge < -0.3 is 15.2 Å². The molecule has 0 aliphatic carbocycles. The van der Waals surface area contributed by atoms with Gasteiger partial charge >= 0.3 is 6.01 Å². The monoisotopic (exact) mass is 245 g/mol. The van der Waals surface area contributed by atoms with E-state index in [4.69, 9.17) is 15.2 Å². The number of ether oxygens (including phenoxy) is 2. The zero-order chi connectivity index (χ0) is 13.0. The first-order chi connectivity index (χ1) is 8.71. The van der Waals surface area contributed by atoms with Crippen LogP contribution in [0.2, 0.25) is 0 Å². The van der Waals surface area contributed by atoms with E-state index in [0.29, 0.717) is 18.3 Å². The number of nitrogens with zero attached hydrogens (tertiary/aromatic N) is 2. The summed E-state index contributed by atoms with van der Waals surface area (Å²) in [5, 5.41) is 0. The Bertz CT molecular complexity index is 526. The van der Waals surface area contributed by atoms with Crippen LogP contribution in [-0.2, 0) is 6.54 Å². The van der Waals surface area contributed by atoms with Crippen LogP contribution in [0.25, 0.3) is 0 Å². The number of benzene rings is 1. The van der Waals surface area contributed by atoms with Crippen molar-refractivity contribution in [3.05, 3.63) is 41.7 Å². The summed E-state index contributed by atoms with van der Waals surface area (Å²) in [6.07, 6.45) is 0. The molecule has 18 heavy (non-hydrogen) atoms. The molecule has 94 valence electrons. The van der Waals surface area contributed by atoms with Gasteiger partial charge in [0.2, 0.25) is 0 Å². The third-order valence-electron chi connectivity index (χ3n) is 2.36. The molecule has 5 heteroatoms. The second kappa shape index (κ2) is 5.46. The zero-order valence-corrected chi connectivity index (χ0v) is 10.4. The number of aryl methyl sites for hydroxylation is 1. The zero-order valence-electron chi connectivity index (χ0n) is 10.4. The van der Waals surface area contributed by atoms with Crippen LogP contribution in [-0.4, -0.2) is 17.1 Å². The smallest absolute Gasteiger partial charge is 0.322 e. The topological polar surface area (TPSA) is 70.3 Å². The average molecular weight is 245 g/mol. The molecule has 0 unspecified atom stereocenters. The number of hydrogen-bond donors (Lipinski definition) is 1. The van der Waals surface area contributed by atoms with Crippen molar-refractivity contribution < 1.29 is 9.47 Å². The minimum atomic E-state index is 0.306. The first-order valence-corrected chi connectivity index (χ1v) is 5.58. The SMILES string of the molecule is COc1ccc(Oc2nc(C)cc(CN)n2)cc1. The van der Waals surface area contributed by atoms with E-state index in [2.05, 4.69) is 9.97 Å². The molecule has 0 bridgehead atoms. The van der Waals surface area contributed by atoms with E-state index in [-0.39, 0.29) is 0 Å². The van der Waals surface area contributed by atoms with Crippen molar-refractivity contribution in [3.8, 4) is 17.5 Å². The Morgan fingerprint density at radius 2 is 1.78 bits per heavy atom. The molecule has 1 aromatic heterocycles. The van der Waals surface area contributed by atoms with E-state index < -0.39 is 0 Å². The summed E-state index contributed by atoms with van der Waals surface area (Å²) < 4.78 is 10.6. The molecule has 0 fully saturated rings. The molecule has 1 aromatic carbocycles. The van der Waals surface area contributed by atoms with E-state index in [1.807, 2.05) is 25.1 Å². The fraction of sp³-hybridized carbons (Fsp3) is 0.231. The Labute approximate surface area is 106 Å². The molecule has 0 spiro atoms.